The highest BCUT2D eigenvalue weighted by Crippen LogP contribution is 2.29. The van der Waals surface area contributed by atoms with E-state index in [1.165, 1.54) is 0 Å². The summed E-state index contributed by atoms with van der Waals surface area (Å²) in [5.41, 5.74) is 4.21. The molecule has 5 aromatic rings. The van der Waals surface area contributed by atoms with E-state index in [1.807, 2.05) is 90.0 Å². The van der Waals surface area contributed by atoms with Gasteiger partial charge in [-0.05, 0) is 35.7 Å². The van der Waals surface area contributed by atoms with Crippen LogP contribution in [0.25, 0.3) is 27.2 Å². The second-order valence-corrected chi connectivity index (χ2v) is 8.25. The largest absolute Gasteiger partial charge is 0.337 e. The number of amides is 1. The molecule has 3 aromatic heterocycles. The number of pyridine rings is 1. The van der Waals surface area contributed by atoms with E-state index in [9.17, 15) is 4.79 Å². The maximum Gasteiger partial charge on any atom is 0.256 e. The molecule has 3 heterocycles. The molecule has 5 nitrogen and oxygen atoms in total. The van der Waals surface area contributed by atoms with Gasteiger partial charge in [0.1, 0.15) is 5.69 Å². The Morgan fingerprint density at radius 2 is 1.84 bits per heavy atom. The molecule has 0 aliphatic rings. The highest BCUT2D eigenvalue weighted by atomic mass is 32.1. The van der Waals surface area contributed by atoms with E-state index in [0.29, 0.717) is 12.1 Å². The van der Waals surface area contributed by atoms with E-state index in [4.69, 9.17) is 5.10 Å². The van der Waals surface area contributed by atoms with Crippen LogP contribution in [0, 0.1) is 0 Å². The minimum atomic E-state index is -0.0612. The number of para-hydroxylation sites is 2. The van der Waals surface area contributed by atoms with Gasteiger partial charge in [0.2, 0.25) is 0 Å². The third-order valence-corrected chi connectivity index (χ3v) is 6.06. The third kappa shape index (κ3) is 3.73. The first-order chi connectivity index (χ1) is 15.2. The summed E-state index contributed by atoms with van der Waals surface area (Å²) in [6.45, 7) is 0.447. The Hall–Kier alpha value is -3.77. The van der Waals surface area contributed by atoms with Crippen molar-refractivity contribution in [1.82, 2.24) is 19.7 Å². The van der Waals surface area contributed by atoms with Crippen molar-refractivity contribution in [3.05, 3.63) is 102 Å². The molecule has 0 atom stereocenters. The molecule has 0 radical (unpaired) electrons. The number of hydrogen-bond donors (Lipinski definition) is 0. The number of fused-ring (bicyclic) bond motifs is 1. The van der Waals surface area contributed by atoms with Crippen molar-refractivity contribution in [3.63, 3.8) is 0 Å². The van der Waals surface area contributed by atoms with Gasteiger partial charge in [-0.15, -0.1) is 11.3 Å². The quantitative estimate of drug-likeness (QED) is 0.378. The summed E-state index contributed by atoms with van der Waals surface area (Å²) in [4.78, 5) is 20.5. The summed E-state index contributed by atoms with van der Waals surface area (Å²) in [5, 5.41) is 7.83. The normalized spacial score (nSPS) is 11.0. The summed E-state index contributed by atoms with van der Waals surface area (Å²) in [6, 6.07) is 23.6. The van der Waals surface area contributed by atoms with Crippen LogP contribution in [0.15, 0.2) is 90.6 Å². The fourth-order valence-electron chi connectivity index (χ4n) is 3.67. The molecule has 0 saturated heterocycles. The first-order valence-electron chi connectivity index (χ1n) is 9.98. The lowest BCUT2D eigenvalue weighted by atomic mass is 10.1. The molecule has 0 unspecified atom stereocenters. The molecule has 0 bridgehead atoms. The average molecular weight is 425 g/mol. The van der Waals surface area contributed by atoms with Crippen molar-refractivity contribution in [2.75, 3.05) is 7.05 Å². The van der Waals surface area contributed by atoms with Crippen LogP contribution in [0.3, 0.4) is 0 Å². The monoisotopic (exact) mass is 424 g/mol. The van der Waals surface area contributed by atoms with Gasteiger partial charge >= 0.3 is 0 Å². The number of nitrogens with zero attached hydrogens (tertiary/aromatic N) is 4. The smallest absolute Gasteiger partial charge is 0.256 e. The molecular weight excluding hydrogens is 404 g/mol. The van der Waals surface area contributed by atoms with Crippen LogP contribution in [0.1, 0.15) is 15.9 Å². The van der Waals surface area contributed by atoms with Crippen molar-refractivity contribution in [3.8, 4) is 16.3 Å². The maximum atomic E-state index is 13.3. The van der Waals surface area contributed by atoms with Gasteiger partial charge in [0.05, 0.1) is 21.6 Å². The lowest BCUT2D eigenvalue weighted by Crippen LogP contribution is -2.26. The van der Waals surface area contributed by atoms with Crippen molar-refractivity contribution < 1.29 is 4.79 Å². The van der Waals surface area contributed by atoms with Crippen LogP contribution < -0.4 is 0 Å². The zero-order valence-corrected chi connectivity index (χ0v) is 17.8. The summed E-state index contributed by atoms with van der Waals surface area (Å²) in [5.74, 6) is -0.0612. The molecule has 0 N–H and O–H groups in total. The molecule has 6 heteroatoms. The Kier molecular flexibility index (Phi) is 5.06. The molecule has 31 heavy (non-hydrogen) atoms. The first-order valence-corrected chi connectivity index (χ1v) is 10.9. The maximum absolute atomic E-state index is 13.3. The topological polar surface area (TPSA) is 51.0 Å². The minimum Gasteiger partial charge on any atom is -0.337 e. The van der Waals surface area contributed by atoms with Gasteiger partial charge in [-0.25, -0.2) is 4.68 Å². The minimum absolute atomic E-state index is 0.0612. The van der Waals surface area contributed by atoms with E-state index in [1.54, 1.807) is 22.4 Å². The van der Waals surface area contributed by atoms with E-state index >= 15 is 0 Å². The van der Waals surface area contributed by atoms with Crippen LogP contribution in [-0.4, -0.2) is 32.6 Å². The molecular formula is C25H20N4OS. The van der Waals surface area contributed by atoms with Crippen LogP contribution in [0.2, 0.25) is 0 Å². The molecule has 0 spiro atoms. The van der Waals surface area contributed by atoms with Crippen molar-refractivity contribution in [2.24, 2.45) is 0 Å². The van der Waals surface area contributed by atoms with Gasteiger partial charge in [-0.2, -0.15) is 5.10 Å². The van der Waals surface area contributed by atoms with Crippen molar-refractivity contribution in [2.45, 2.75) is 6.54 Å². The van der Waals surface area contributed by atoms with E-state index in [2.05, 4.69) is 11.1 Å². The van der Waals surface area contributed by atoms with Crippen LogP contribution in [0.4, 0.5) is 0 Å². The molecule has 1 amide bonds. The second-order valence-electron chi connectivity index (χ2n) is 7.30. The number of carbonyl (C=O) groups is 1. The standard InChI is InChI=1S/C25H20N4OS/c1-28(25(30)21-12-5-8-18-9-6-14-26-23(18)21)16-19-17-29(20-10-3-2-4-11-20)27-24(19)22-13-7-15-31-22/h2-15,17H,16H2,1H3. The molecule has 0 aliphatic heterocycles. The number of hydrogen-bond acceptors (Lipinski definition) is 4. The number of rotatable bonds is 5. The SMILES string of the molecule is CN(Cc1cn(-c2ccccc2)nc1-c1cccs1)C(=O)c1cccc2cccnc12. The van der Waals surface area contributed by atoms with Gasteiger partial charge < -0.3 is 4.90 Å². The van der Waals surface area contributed by atoms with Crippen LogP contribution in [0.5, 0.6) is 0 Å². The number of carbonyl (C=O) groups excluding carboxylic acids is 1. The molecule has 2 aromatic carbocycles. The molecule has 0 aliphatic carbocycles. The predicted molar refractivity (Wildman–Crippen MR) is 124 cm³/mol. The highest BCUT2D eigenvalue weighted by Gasteiger charge is 2.20. The predicted octanol–water partition coefficient (Wildman–Crippen LogP) is 5.42. The molecule has 0 fully saturated rings. The third-order valence-electron chi connectivity index (χ3n) is 5.18. The Balaban J connectivity index is 1.50. The Morgan fingerprint density at radius 3 is 2.65 bits per heavy atom. The van der Waals surface area contributed by atoms with Crippen molar-refractivity contribution in [1.29, 1.82) is 0 Å². The van der Waals surface area contributed by atoms with Gasteiger partial charge in [0.25, 0.3) is 5.91 Å². The molecule has 5 rings (SSSR count). The fourth-order valence-corrected chi connectivity index (χ4v) is 4.41. The van der Waals surface area contributed by atoms with Gasteiger partial charge in [-0.1, -0.05) is 42.5 Å². The van der Waals surface area contributed by atoms with Gasteiger partial charge in [0.15, 0.2) is 0 Å². The van der Waals surface area contributed by atoms with Gasteiger partial charge in [0, 0.05) is 36.9 Å². The van der Waals surface area contributed by atoms with E-state index in [0.717, 1.165) is 32.7 Å². The fraction of sp³-hybridized carbons (Fsp3) is 0.0800. The lowest BCUT2D eigenvalue weighted by molar-refractivity contribution is 0.0787. The van der Waals surface area contributed by atoms with Crippen LogP contribution in [-0.2, 0) is 6.54 Å². The van der Waals surface area contributed by atoms with E-state index < -0.39 is 0 Å². The second kappa shape index (κ2) is 8.16. The summed E-state index contributed by atoms with van der Waals surface area (Å²) >= 11 is 1.64. The average Bonchev–Trinajstić information content (AvgIpc) is 3.49. The zero-order chi connectivity index (χ0) is 21.2. The Labute approximate surface area is 184 Å². The first kappa shape index (κ1) is 19.2. The van der Waals surface area contributed by atoms with E-state index in [-0.39, 0.29) is 5.91 Å². The number of benzene rings is 2. The Bertz CT molecular complexity index is 1340. The van der Waals surface area contributed by atoms with Crippen LogP contribution >= 0.6 is 11.3 Å². The summed E-state index contributed by atoms with van der Waals surface area (Å²) in [6.07, 6.45) is 3.73. The molecule has 0 saturated carbocycles. The zero-order valence-electron chi connectivity index (χ0n) is 17.0. The van der Waals surface area contributed by atoms with Gasteiger partial charge in [-0.3, -0.25) is 9.78 Å². The van der Waals surface area contributed by atoms with Crippen molar-refractivity contribution >= 4 is 28.1 Å². The summed E-state index contributed by atoms with van der Waals surface area (Å²) in [7, 11) is 1.82. The number of thiophene rings is 1. The lowest BCUT2D eigenvalue weighted by Gasteiger charge is -2.18. The number of aromatic nitrogens is 3. The highest BCUT2D eigenvalue weighted by molar-refractivity contribution is 7.13. The molecule has 152 valence electrons. The Morgan fingerprint density at radius 1 is 1.00 bits per heavy atom. The summed E-state index contributed by atoms with van der Waals surface area (Å²) < 4.78 is 1.88.